The molecule has 2 nitrogen and oxygen atoms in total. The lowest BCUT2D eigenvalue weighted by Crippen LogP contribution is -2.32. The summed E-state index contributed by atoms with van der Waals surface area (Å²) >= 11 is 0. The lowest BCUT2D eigenvalue weighted by atomic mass is 9.70. The van der Waals surface area contributed by atoms with E-state index in [2.05, 4.69) is 230 Å². The van der Waals surface area contributed by atoms with Gasteiger partial charge in [-0.05, 0) is 146 Å². The third kappa shape index (κ3) is 4.62. The maximum atomic E-state index is 2.50. The van der Waals surface area contributed by atoms with Gasteiger partial charge in [0.15, 0.2) is 0 Å². The molecular formula is C59H42N2. The Balaban J connectivity index is 0.969. The molecule has 0 N–H and O–H groups in total. The SMILES string of the molecule is CC1(C)c2ccccc2-c2cc3c4cc(-c5ccc(N6c7ccc(-c8ccccc8)cc7C7(C)c8ccccc8-c8cccc6c87)cc5)ccc4n(-c4ccccc4)c3cc21. The number of anilines is 3. The highest BCUT2D eigenvalue weighted by Crippen LogP contribution is 2.62. The summed E-state index contributed by atoms with van der Waals surface area (Å²) < 4.78 is 2.46. The second-order valence-corrected chi connectivity index (χ2v) is 17.8. The summed E-state index contributed by atoms with van der Waals surface area (Å²) in [7, 11) is 0. The van der Waals surface area contributed by atoms with Crippen molar-refractivity contribution in [2.75, 3.05) is 4.90 Å². The van der Waals surface area contributed by atoms with Crippen molar-refractivity contribution in [2.24, 2.45) is 0 Å². The van der Waals surface area contributed by atoms with Crippen LogP contribution < -0.4 is 4.90 Å². The first-order valence-corrected chi connectivity index (χ1v) is 21.5. The number of hydrogen-bond acceptors (Lipinski definition) is 1. The van der Waals surface area contributed by atoms with Crippen LogP contribution in [0.5, 0.6) is 0 Å². The van der Waals surface area contributed by atoms with Gasteiger partial charge in [0.1, 0.15) is 0 Å². The fourth-order valence-electron chi connectivity index (χ4n) is 11.4. The summed E-state index contributed by atoms with van der Waals surface area (Å²) in [6, 6.07) is 74.8. The van der Waals surface area contributed by atoms with Gasteiger partial charge in [0, 0.05) is 33.0 Å². The molecule has 0 saturated carbocycles. The molecule has 9 aromatic carbocycles. The van der Waals surface area contributed by atoms with Crippen LogP contribution in [0.3, 0.4) is 0 Å². The third-order valence-corrected chi connectivity index (χ3v) is 14.4. The molecule has 10 aromatic rings. The predicted octanol–water partition coefficient (Wildman–Crippen LogP) is 15.5. The van der Waals surface area contributed by atoms with E-state index in [0.717, 1.165) is 5.69 Å². The van der Waals surface area contributed by atoms with Gasteiger partial charge in [-0.2, -0.15) is 0 Å². The lowest BCUT2D eigenvalue weighted by molar-refractivity contribution is 0.661. The fourth-order valence-corrected chi connectivity index (χ4v) is 11.4. The number of aromatic nitrogens is 1. The summed E-state index contributed by atoms with van der Waals surface area (Å²) in [5, 5.41) is 2.55. The maximum Gasteiger partial charge on any atom is 0.0544 e. The molecule has 1 aliphatic heterocycles. The van der Waals surface area contributed by atoms with E-state index in [0.29, 0.717) is 0 Å². The van der Waals surface area contributed by atoms with Crippen LogP contribution in [0.2, 0.25) is 0 Å². The molecule has 0 radical (unpaired) electrons. The Kier molecular flexibility index (Phi) is 6.95. The van der Waals surface area contributed by atoms with Crippen LogP contribution in [-0.2, 0) is 10.8 Å². The Morgan fingerprint density at radius 1 is 0.344 bits per heavy atom. The number of rotatable bonds is 4. The molecule has 288 valence electrons. The van der Waals surface area contributed by atoms with E-state index in [4.69, 9.17) is 0 Å². The maximum absolute atomic E-state index is 2.50. The molecule has 0 saturated heterocycles. The first-order valence-electron chi connectivity index (χ1n) is 21.5. The van der Waals surface area contributed by atoms with Crippen LogP contribution >= 0.6 is 0 Å². The van der Waals surface area contributed by atoms with Gasteiger partial charge in [-0.3, -0.25) is 0 Å². The Morgan fingerprint density at radius 2 is 0.951 bits per heavy atom. The van der Waals surface area contributed by atoms with Crippen molar-refractivity contribution >= 4 is 38.9 Å². The molecule has 2 heteroatoms. The van der Waals surface area contributed by atoms with Crippen molar-refractivity contribution in [1.82, 2.24) is 4.57 Å². The zero-order chi connectivity index (χ0) is 40.6. The van der Waals surface area contributed by atoms with E-state index in [-0.39, 0.29) is 10.8 Å². The first kappa shape index (κ1) is 34.4. The van der Waals surface area contributed by atoms with Crippen molar-refractivity contribution in [3.8, 4) is 50.2 Å². The van der Waals surface area contributed by atoms with Crippen LogP contribution in [-0.4, -0.2) is 4.57 Å². The smallest absolute Gasteiger partial charge is 0.0544 e. The lowest BCUT2D eigenvalue weighted by Gasteiger charge is -2.42. The van der Waals surface area contributed by atoms with Crippen LogP contribution in [0.15, 0.2) is 200 Å². The van der Waals surface area contributed by atoms with Gasteiger partial charge in [-0.1, -0.05) is 147 Å². The number of para-hydroxylation sites is 1. The fraction of sp³-hybridized carbons (Fsp3) is 0.0847. The topological polar surface area (TPSA) is 8.17 Å². The molecule has 1 unspecified atom stereocenters. The highest BCUT2D eigenvalue weighted by atomic mass is 15.2. The Hall–Kier alpha value is -7.42. The van der Waals surface area contributed by atoms with Crippen LogP contribution in [0, 0.1) is 0 Å². The quantitative estimate of drug-likeness (QED) is 0.173. The molecule has 3 aliphatic rings. The summed E-state index contributed by atoms with van der Waals surface area (Å²) in [6.45, 7) is 7.18. The molecule has 0 bridgehead atoms. The van der Waals surface area contributed by atoms with E-state index >= 15 is 0 Å². The third-order valence-electron chi connectivity index (χ3n) is 14.4. The largest absolute Gasteiger partial charge is 0.310 e. The minimum Gasteiger partial charge on any atom is -0.310 e. The highest BCUT2D eigenvalue weighted by molar-refractivity contribution is 6.13. The van der Waals surface area contributed by atoms with E-state index in [1.54, 1.807) is 0 Å². The monoisotopic (exact) mass is 778 g/mol. The summed E-state index contributed by atoms with van der Waals surface area (Å²) in [5.74, 6) is 0. The van der Waals surface area contributed by atoms with Gasteiger partial charge >= 0.3 is 0 Å². The molecule has 1 atom stereocenters. The van der Waals surface area contributed by atoms with Crippen molar-refractivity contribution in [3.63, 3.8) is 0 Å². The molecule has 2 aliphatic carbocycles. The summed E-state index contributed by atoms with van der Waals surface area (Å²) in [6.07, 6.45) is 0. The standard InChI is InChI=1S/C59H42N2/c1-58(2)49-22-12-10-20-44(49)46-35-48-47-33-39(27-31-53(47)60(56(48)36-51(46)58)41-17-8-5-9-18-41)38-25-29-42(30-26-38)61-54-32-28-40(37-15-6-4-7-16-37)34-52(54)59(3)50-23-13-11-19-43(50)45-21-14-24-55(61)57(45)59/h4-36H,1-3H3. The van der Waals surface area contributed by atoms with Crippen LogP contribution in [0.1, 0.15) is 48.6 Å². The van der Waals surface area contributed by atoms with Crippen molar-refractivity contribution in [3.05, 3.63) is 228 Å². The van der Waals surface area contributed by atoms with Gasteiger partial charge in [-0.15, -0.1) is 0 Å². The molecule has 0 spiro atoms. The Bertz CT molecular complexity index is 3440. The minimum absolute atomic E-state index is 0.0769. The van der Waals surface area contributed by atoms with E-state index in [1.165, 1.54) is 111 Å². The zero-order valence-corrected chi connectivity index (χ0v) is 34.4. The Morgan fingerprint density at radius 3 is 1.74 bits per heavy atom. The zero-order valence-electron chi connectivity index (χ0n) is 34.4. The minimum atomic E-state index is -0.286. The summed E-state index contributed by atoms with van der Waals surface area (Å²) in [5.41, 5.74) is 24.0. The molecule has 0 amide bonds. The van der Waals surface area contributed by atoms with Crippen molar-refractivity contribution in [1.29, 1.82) is 0 Å². The normalized spacial score (nSPS) is 16.3. The van der Waals surface area contributed by atoms with Crippen molar-refractivity contribution in [2.45, 2.75) is 31.6 Å². The molecule has 1 aromatic heterocycles. The Labute approximate surface area is 356 Å². The van der Waals surface area contributed by atoms with E-state index in [1.807, 2.05) is 0 Å². The number of fused-ring (bicyclic) bond motifs is 11. The second kappa shape index (κ2) is 12.3. The molecule has 61 heavy (non-hydrogen) atoms. The molecule has 2 heterocycles. The van der Waals surface area contributed by atoms with Crippen molar-refractivity contribution < 1.29 is 0 Å². The van der Waals surface area contributed by atoms with Gasteiger partial charge in [0.25, 0.3) is 0 Å². The van der Waals surface area contributed by atoms with Gasteiger partial charge < -0.3 is 9.47 Å². The van der Waals surface area contributed by atoms with E-state index in [9.17, 15) is 0 Å². The number of benzene rings is 9. The number of nitrogens with zero attached hydrogens (tertiary/aromatic N) is 2. The van der Waals surface area contributed by atoms with E-state index < -0.39 is 0 Å². The van der Waals surface area contributed by atoms with Crippen LogP contribution in [0.25, 0.3) is 72.0 Å². The number of hydrogen-bond donors (Lipinski definition) is 0. The summed E-state index contributed by atoms with van der Waals surface area (Å²) in [4.78, 5) is 2.50. The van der Waals surface area contributed by atoms with Gasteiger partial charge in [0.05, 0.1) is 22.4 Å². The molecule has 0 fully saturated rings. The van der Waals surface area contributed by atoms with Crippen LogP contribution in [0.4, 0.5) is 17.1 Å². The van der Waals surface area contributed by atoms with Gasteiger partial charge in [-0.25, -0.2) is 0 Å². The average molecular weight is 779 g/mol. The highest BCUT2D eigenvalue weighted by Gasteiger charge is 2.48. The molecule has 13 rings (SSSR count). The van der Waals surface area contributed by atoms with Gasteiger partial charge in [0.2, 0.25) is 0 Å². The average Bonchev–Trinajstić information content (AvgIpc) is 3.87. The first-order chi connectivity index (χ1) is 29.9. The predicted molar refractivity (Wildman–Crippen MR) is 255 cm³/mol. The molecular weight excluding hydrogens is 737 g/mol. The second-order valence-electron chi connectivity index (χ2n) is 17.8.